The van der Waals surface area contributed by atoms with Crippen LogP contribution in [0.25, 0.3) is 44.3 Å². The van der Waals surface area contributed by atoms with Gasteiger partial charge in [-0.05, 0) is 60.4 Å². The molecule has 0 fully saturated rings. The molecule has 0 saturated heterocycles. The normalized spacial score (nSPS) is 16.7. The van der Waals surface area contributed by atoms with Crippen molar-refractivity contribution in [1.29, 1.82) is 0 Å². The molecule has 154 valence electrons. The molecule has 0 atom stereocenters. The van der Waals surface area contributed by atoms with Crippen LogP contribution in [0.1, 0.15) is 41.5 Å². The highest BCUT2D eigenvalue weighted by Crippen LogP contribution is 2.40. The maximum absolute atomic E-state index is 8.67. The van der Waals surface area contributed by atoms with Crippen molar-refractivity contribution in [1.82, 2.24) is 4.98 Å². The van der Waals surface area contributed by atoms with E-state index in [1.54, 1.807) is 32.0 Å². The molecule has 0 radical (unpaired) electrons. The number of pyridine rings is 1. The minimum atomic E-state index is -2.54. The fourth-order valence-electron chi connectivity index (χ4n) is 3.99. The minimum absolute atomic E-state index is 0.0604. The van der Waals surface area contributed by atoms with E-state index in [9.17, 15) is 0 Å². The number of aromatic nitrogens is 1. The second kappa shape index (κ2) is 7.70. The van der Waals surface area contributed by atoms with E-state index in [0.29, 0.717) is 33.6 Å². The summed E-state index contributed by atoms with van der Waals surface area (Å²) in [5.41, 5.74) is 3.10. The predicted octanol–water partition coefficient (Wildman–Crippen LogP) is 8.13. The van der Waals surface area contributed by atoms with Gasteiger partial charge in [-0.3, -0.25) is 4.98 Å². The number of furan rings is 1. The number of benzene rings is 3. The van der Waals surface area contributed by atoms with Gasteiger partial charge in [0.2, 0.25) is 0 Å². The first kappa shape index (κ1) is 12.5. The summed E-state index contributed by atoms with van der Waals surface area (Å²) < 4.78 is 72.0. The van der Waals surface area contributed by atoms with Gasteiger partial charge in [0, 0.05) is 39.1 Å². The van der Waals surface area contributed by atoms with Gasteiger partial charge in [0.15, 0.2) is 0 Å². The average molecular weight is 414 g/mol. The molecule has 5 aromatic rings. The van der Waals surface area contributed by atoms with Crippen molar-refractivity contribution in [2.75, 3.05) is 0 Å². The lowest BCUT2D eigenvalue weighted by Gasteiger charge is -2.11. The molecule has 0 N–H and O–H groups in total. The van der Waals surface area contributed by atoms with Crippen LogP contribution in [0.15, 0.2) is 77.3 Å². The van der Waals surface area contributed by atoms with Gasteiger partial charge in [0.25, 0.3) is 0 Å². The Kier molecular flexibility index (Phi) is 3.09. The number of hydrogen-bond donors (Lipinski definition) is 0. The highest BCUT2D eigenvalue weighted by molar-refractivity contribution is 6.13. The van der Waals surface area contributed by atoms with Gasteiger partial charge in [0.05, 0.1) is 5.69 Å². The molecule has 0 amide bonds. The summed E-state index contributed by atoms with van der Waals surface area (Å²) in [6.07, 6.45) is -0.695. The molecule has 0 aliphatic rings. The van der Waals surface area contributed by atoms with E-state index < -0.39 is 26.0 Å². The van der Waals surface area contributed by atoms with E-state index in [4.69, 9.17) is 15.4 Å². The summed E-state index contributed by atoms with van der Waals surface area (Å²) in [7, 11) is 0. The lowest BCUT2D eigenvalue weighted by molar-refractivity contribution is 0.644. The summed E-state index contributed by atoms with van der Waals surface area (Å²) in [4.78, 5) is 4.43. The van der Waals surface area contributed by atoms with Crippen molar-refractivity contribution in [2.45, 2.75) is 33.9 Å². The van der Waals surface area contributed by atoms with Crippen LogP contribution in [0.5, 0.6) is 0 Å². The van der Waals surface area contributed by atoms with Gasteiger partial charge in [-0.25, -0.2) is 0 Å². The molecule has 2 nitrogen and oxygen atoms in total. The highest BCUT2D eigenvalue weighted by atomic mass is 16.3. The first-order valence-corrected chi connectivity index (χ1v) is 10.3. The minimum Gasteiger partial charge on any atom is -0.455 e. The van der Waals surface area contributed by atoms with E-state index in [-0.39, 0.29) is 16.7 Å². The Labute approximate surface area is 194 Å². The van der Waals surface area contributed by atoms with Gasteiger partial charge in [-0.1, -0.05) is 68.4 Å². The molecule has 0 aliphatic heterocycles. The Morgan fingerprint density at radius 1 is 0.903 bits per heavy atom. The summed E-state index contributed by atoms with van der Waals surface area (Å²) >= 11 is 0. The first-order valence-electron chi connectivity index (χ1n) is 14.3. The number of para-hydroxylation sites is 1. The van der Waals surface area contributed by atoms with Crippen LogP contribution in [-0.4, -0.2) is 4.98 Å². The van der Waals surface area contributed by atoms with Crippen molar-refractivity contribution in [3.8, 4) is 22.4 Å². The molecule has 0 aliphatic carbocycles. The van der Waals surface area contributed by atoms with Crippen LogP contribution in [0, 0.1) is 19.6 Å². The van der Waals surface area contributed by atoms with Crippen molar-refractivity contribution in [3.63, 3.8) is 0 Å². The van der Waals surface area contributed by atoms with Gasteiger partial charge >= 0.3 is 0 Å². The number of hydrogen-bond acceptors (Lipinski definition) is 2. The van der Waals surface area contributed by atoms with E-state index in [0.717, 1.165) is 10.8 Å². The lowest BCUT2D eigenvalue weighted by Crippen LogP contribution is -1.99. The molecule has 3 aromatic carbocycles. The fourth-order valence-corrected chi connectivity index (χ4v) is 3.99. The SMILES string of the molecule is [2H]C([2H])([2H])c1cnc(-c2cccc3c2oc2c(-c4ccccc4)c(C([2H])([2H])[2H])ccc23)cc1C([2H])([2H])C(C)C. The van der Waals surface area contributed by atoms with Crippen molar-refractivity contribution < 1.29 is 15.4 Å². The Hall–Kier alpha value is -3.39. The third-order valence-corrected chi connectivity index (χ3v) is 5.35. The zero-order valence-electron chi connectivity index (χ0n) is 25.4. The number of aryl methyl sites for hydroxylation is 2. The topological polar surface area (TPSA) is 26.0 Å². The highest BCUT2D eigenvalue weighted by Gasteiger charge is 2.18. The number of fused-ring (bicyclic) bond motifs is 3. The van der Waals surface area contributed by atoms with E-state index in [1.807, 2.05) is 42.5 Å². The van der Waals surface area contributed by atoms with Gasteiger partial charge in [-0.2, -0.15) is 0 Å². The van der Waals surface area contributed by atoms with Gasteiger partial charge in [0.1, 0.15) is 11.2 Å². The molecule has 2 heterocycles. The summed E-state index contributed by atoms with van der Waals surface area (Å²) in [6, 6.07) is 19.5. The van der Waals surface area contributed by atoms with Crippen molar-refractivity contribution >= 4 is 21.9 Å². The standard InChI is InChI=1S/C29H27NO/c1-18(2)15-22-16-26(30-17-20(22)4)25-12-8-11-23-24-14-13-19(3)27(29(24)31-28(23)25)21-9-6-5-7-10-21/h5-14,16-18H,15H2,1-4H3/i3D3,4D3,15D2. The molecule has 2 heteroatoms. The van der Waals surface area contributed by atoms with Crippen LogP contribution in [-0.2, 0) is 6.37 Å². The van der Waals surface area contributed by atoms with Gasteiger partial charge < -0.3 is 4.42 Å². The Balaban J connectivity index is 1.82. The van der Waals surface area contributed by atoms with Gasteiger partial charge in [-0.15, -0.1) is 0 Å². The summed E-state index contributed by atoms with van der Waals surface area (Å²) in [5.74, 6) is -0.484. The Morgan fingerprint density at radius 2 is 1.71 bits per heavy atom. The third-order valence-electron chi connectivity index (χ3n) is 5.35. The van der Waals surface area contributed by atoms with Crippen LogP contribution < -0.4 is 0 Å². The summed E-state index contributed by atoms with van der Waals surface area (Å²) in [6.45, 7) is -1.50. The van der Waals surface area contributed by atoms with E-state index in [2.05, 4.69) is 4.98 Å². The van der Waals surface area contributed by atoms with E-state index >= 15 is 0 Å². The predicted molar refractivity (Wildman–Crippen MR) is 130 cm³/mol. The number of rotatable bonds is 4. The van der Waals surface area contributed by atoms with Crippen LogP contribution in [0.3, 0.4) is 0 Å². The second-order valence-corrected chi connectivity index (χ2v) is 7.93. The lowest BCUT2D eigenvalue weighted by atomic mass is 9.96. The zero-order chi connectivity index (χ0) is 28.3. The number of nitrogens with zero attached hydrogens (tertiary/aromatic N) is 1. The smallest absolute Gasteiger partial charge is 0.144 e. The van der Waals surface area contributed by atoms with Crippen molar-refractivity contribution in [2.24, 2.45) is 5.92 Å². The molecule has 0 unspecified atom stereocenters. The molecule has 0 bridgehead atoms. The third kappa shape index (κ3) is 3.42. The average Bonchev–Trinajstić information content (AvgIpc) is 3.26. The summed E-state index contributed by atoms with van der Waals surface area (Å²) in [5, 5.41) is 1.47. The van der Waals surface area contributed by atoms with Crippen LogP contribution in [0.2, 0.25) is 0 Å². The van der Waals surface area contributed by atoms with Crippen LogP contribution >= 0.6 is 0 Å². The Bertz CT molecular complexity index is 1680. The molecular weight excluding hydrogens is 378 g/mol. The molecule has 31 heavy (non-hydrogen) atoms. The molecule has 0 spiro atoms. The monoisotopic (exact) mass is 413 g/mol. The molecular formula is C29H27NO. The fraction of sp³-hybridized carbons (Fsp3) is 0.207. The molecule has 5 rings (SSSR count). The molecule has 2 aromatic heterocycles. The van der Waals surface area contributed by atoms with E-state index in [1.165, 1.54) is 12.3 Å². The second-order valence-electron chi connectivity index (χ2n) is 7.93. The molecule has 0 saturated carbocycles. The zero-order valence-corrected chi connectivity index (χ0v) is 17.4. The largest absolute Gasteiger partial charge is 0.455 e. The van der Waals surface area contributed by atoms with Crippen molar-refractivity contribution in [3.05, 3.63) is 89.6 Å². The maximum atomic E-state index is 8.67. The quantitative estimate of drug-likeness (QED) is 0.297. The maximum Gasteiger partial charge on any atom is 0.144 e. The first-order chi connectivity index (χ1) is 18.2. The Morgan fingerprint density at radius 3 is 2.48 bits per heavy atom. The van der Waals surface area contributed by atoms with Crippen LogP contribution in [0.4, 0.5) is 0 Å².